The number of carbonyl (C=O) groups excluding carboxylic acids is 1. The molecule has 1 aromatic heterocycles. The van der Waals surface area contributed by atoms with E-state index in [1.807, 2.05) is 40.1 Å². The first-order valence-electron chi connectivity index (χ1n) is 9.90. The number of hydrogen-bond acceptors (Lipinski definition) is 7. The molecule has 31 heavy (non-hydrogen) atoms. The molecule has 1 saturated heterocycles. The molecular weight excluding hydrogens is 420 g/mol. The van der Waals surface area contributed by atoms with Gasteiger partial charge in [0.05, 0.1) is 20.6 Å². The van der Waals surface area contributed by atoms with Crippen molar-refractivity contribution in [3.63, 3.8) is 0 Å². The Kier molecular flexibility index (Phi) is 6.27. The highest BCUT2D eigenvalue weighted by atomic mass is 35.5. The maximum atomic E-state index is 12.8. The summed E-state index contributed by atoms with van der Waals surface area (Å²) in [6, 6.07) is 13.3. The van der Waals surface area contributed by atoms with Crippen molar-refractivity contribution in [2.24, 2.45) is 0 Å². The van der Waals surface area contributed by atoms with Gasteiger partial charge in [0, 0.05) is 36.8 Å². The number of amides is 1. The van der Waals surface area contributed by atoms with Crippen LogP contribution in [0.2, 0.25) is 5.02 Å². The van der Waals surface area contributed by atoms with E-state index in [2.05, 4.69) is 10.1 Å². The molecule has 0 radical (unpaired) electrons. The van der Waals surface area contributed by atoms with E-state index in [0.717, 1.165) is 11.1 Å². The summed E-state index contributed by atoms with van der Waals surface area (Å²) < 4.78 is 16.0. The van der Waals surface area contributed by atoms with Gasteiger partial charge in [-0.25, -0.2) is 0 Å². The van der Waals surface area contributed by atoms with Crippen molar-refractivity contribution >= 4 is 23.5 Å². The van der Waals surface area contributed by atoms with Crippen LogP contribution < -0.4 is 14.4 Å². The van der Waals surface area contributed by atoms with Gasteiger partial charge in [0.2, 0.25) is 11.7 Å². The highest BCUT2D eigenvalue weighted by Crippen LogP contribution is 2.28. The monoisotopic (exact) mass is 442 g/mol. The molecule has 0 saturated carbocycles. The van der Waals surface area contributed by atoms with Gasteiger partial charge in [0.1, 0.15) is 0 Å². The normalized spacial score (nSPS) is 13.9. The van der Waals surface area contributed by atoms with Crippen molar-refractivity contribution in [1.29, 1.82) is 0 Å². The summed E-state index contributed by atoms with van der Waals surface area (Å²) in [4.78, 5) is 21.1. The van der Waals surface area contributed by atoms with Gasteiger partial charge in [-0.2, -0.15) is 4.98 Å². The number of benzene rings is 2. The summed E-state index contributed by atoms with van der Waals surface area (Å²) >= 11 is 5.93. The third-order valence-corrected chi connectivity index (χ3v) is 5.48. The molecule has 0 atom stereocenters. The van der Waals surface area contributed by atoms with Crippen LogP contribution in [0.4, 0.5) is 6.01 Å². The molecule has 4 rings (SSSR count). The fourth-order valence-corrected chi connectivity index (χ4v) is 3.61. The molecule has 2 aromatic carbocycles. The topological polar surface area (TPSA) is 80.9 Å². The van der Waals surface area contributed by atoms with Gasteiger partial charge in [-0.3, -0.25) is 4.79 Å². The van der Waals surface area contributed by atoms with Gasteiger partial charge in [0.25, 0.3) is 0 Å². The lowest BCUT2D eigenvalue weighted by atomic mass is 10.1. The van der Waals surface area contributed by atoms with Crippen molar-refractivity contribution in [2.45, 2.75) is 6.42 Å². The molecule has 1 fully saturated rings. The fourth-order valence-electron chi connectivity index (χ4n) is 3.48. The zero-order valence-electron chi connectivity index (χ0n) is 17.4. The minimum absolute atomic E-state index is 0.0688. The zero-order valence-corrected chi connectivity index (χ0v) is 18.1. The number of nitrogens with zero attached hydrogens (tertiary/aromatic N) is 4. The number of methoxy groups -OCH3 is 2. The predicted molar refractivity (Wildman–Crippen MR) is 117 cm³/mol. The molecule has 0 unspecified atom stereocenters. The summed E-state index contributed by atoms with van der Waals surface area (Å²) in [6.07, 6.45) is 0.307. The summed E-state index contributed by atoms with van der Waals surface area (Å²) in [5.41, 5.74) is 1.72. The van der Waals surface area contributed by atoms with Crippen LogP contribution in [-0.4, -0.2) is 61.3 Å². The van der Waals surface area contributed by atoms with Crippen LogP contribution in [0.25, 0.3) is 11.4 Å². The standard InChI is InChI=1S/C22H23ClN4O4/c1-29-18-8-3-15(13-19(18)30-2)14-20(28)26-9-11-27(12-10-26)22-24-21(25-31-22)16-4-6-17(23)7-5-16/h3-8,13H,9-12,14H2,1-2H3. The highest BCUT2D eigenvalue weighted by Gasteiger charge is 2.25. The van der Waals surface area contributed by atoms with E-state index < -0.39 is 0 Å². The Morgan fingerprint density at radius 3 is 2.42 bits per heavy atom. The van der Waals surface area contributed by atoms with Crippen LogP contribution in [0.1, 0.15) is 5.56 Å². The van der Waals surface area contributed by atoms with E-state index in [-0.39, 0.29) is 5.91 Å². The molecular formula is C22H23ClN4O4. The number of aromatic nitrogens is 2. The van der Waals surface area contributed by atoms with Crippen molar-refractivity contribution in [3.8, 4) is 22.9 Å². The van der Waals surface area contributed by atoms with Crippen LogP contribution in [0, 0.1) is 0 Å². The molecule has 0 spiro atoms. The van der Waals surface area contributed by atoms with Crippen LogP contribution in [0.5, 0.6) is 11.5 Å². The Morgan fingerprint density at radius 2 is 1.74 bits per heavy atom. The van der Waals surface area contributed by atoms with Crippen LogP contribution in [0.3, 0.4) is 0 Å². The van der Waals surface area contributed by atoms with Crippen molar-refractivity contribution in [3.05, 3.63) is 53.1 Å². The molecule has 0 bridgehead atoms. The van der Waals surface area contributed by atoms with Crippen molar-refractivity contribution in [1.82, 2.24) is 15.0 Å². The average molecular weight is 443 g/mol. The smallest absolute Gasteiger partial charge is 0.324 e. The number of hydrogen-bond donors (Lipinski definition) is 0. The molecule has 9 heteroatoms. The number of carbonyl (C=O) groups is 1. The Morgan fingerprint density at radius 1 is 1.03 bits per heavy atom. The van der Waals surface area contributed by atoms with Crippen LogP contribution >= 0.6 is 11.6 Å². The molecule has 2 heterocycles. The van der Waals surface area contributed by atoms with Gasteiger partial charge in [-0.05, 0) is 42.0 Å². The first kappa shape index (κ1) is 21.0. The number of halogens is 1. The first-order chi connectivity index (χ1) is 15.1. The Labute approximate surface area is 185 Å². The summed E-state index contributed by atoms with van der Waals surface area (Å²) in [6.45, 7) is 2.43. The molecule has 162 valence electrons. The van der Waals surface area contributed by atoms with E-state index >= 15 is 0 Å². The maximum Gasteiger partial charge on any atom is 0.324 e. The Balaban J connectivity index is 1.34. The maximum absolute atomic E-state index is 12.8. The lowest BCUT2D eigenvalue weighted by molar-refractivity contribution is -0.130. The second-order valence-electron chi connectivity index (χ2n) is 7.14. The molecule has 1 aliphatic heterocycles. The minimum atomic E-state index is 0.0688. The van der Waals surface area contributed by atoms with Gasteiger partial charge < -0.3 is 23.8 Å². The zero-order chi connectivity index (χ0) is 21.8. The van der Waals surface area contributed by atoms with E-state index in [1.165, 1.54) is 0 Å². The number of piperazine rings is 1. The third kappa shape index (κ3) is 4.74. The lowest BCUT2D eigenvalue weighted by Gasteiger charge is -2.33. The fraction of sp³-hybridized carbons (Fsp3) is 0.318. The molecule has 1 amide bonds. The van der Waals surface area contributed by atoms with Gasteiger partial charge in [-0.1, -0.05) is 22.8 Å². The second kappa shape index (κ2) is 9.26. The van der Waals surface area contributed by atoms with Gasteiger partial charge in [-0.15, -0.1) is 0 Å². The summed E-state index contributed by atoms with van der Waals surface area (Å²) in [5, 5.41) is 4.71. The quantitative estimate of drug-likeness (QED) is 0.579. The lowest BCUT2D eigenvalue weighted by Crippen LogP contribution is -2.49. The first-order valence-corrected chi connectivity index (χ1v) is 10.3. The highest BCUT2D eigenvalue weighted by molar-refractivity contribution is 6.30. The van der Waals surface area contributed by atoms with E-state index in [1.54, 1.807) is 26.4 Å². The van der Waals surface area contributed by atoms with Crippen molar-refractivity contribution < 1.29 is 18.8 Å². The summed E-state index contributed by atoms with van der Waals surface area (Å²) in [7, 11) is 3.17. The van der Waals surface area contributed by atoms with E-state index in [0.29, 0.717) is 61.0 Å². The van der Waals surface area contributed by atoms with Crippen LogP contribution in [-0.2, 0) is 11.2 Å². The second-order valence-corrected chi connectivity index (χ2v) is 7.58. The van der Waals surface area contributed by atoms with Crippen LogP contribution in [0.15, 0.2) is 47.0 Å². The number of ether oxygens (including phenoxy) is 2. The van der Waals surface area contributed by atoms with Gasteiger partial charge in [0.15, 0.2) is 11.5 Å². The number of anilines is 1. The van der Waals surface area contributed by atoms with E-state index in [9.17, 15) is 4.79 Å². The Bertz CT molecular complexity index is 1050. The molecule has 3 aromatic rings. The molecule has 1 aliphatic rings. The molecule has 0 aliphatic carbocycles. The number of rotatable bonds is 6. The summed E-state index contributed by atoms with van der Waals surface area (Å²) in [5.74, 6) is 1.84. The largest absolute Gasteiger partial charge is 0.493 e. The SMILES string of the molecule is COc1ccc(CC(=O)N2CCN(c3nc(-c4ccc(Cl)cc4)no3)CC2)cc1OC. The van der Waals surface area contributed by atoms with Crippen molar-refractivity contribution in [2.75, 3.05) is 45.3 Å². The Hall–Kier alpha value is -3.26. The average Bonchev–Trinajstić information content (AvgIpc) is 3.30. The van der Waals surface area contributed by atoms with Gasteiger partial charge >= 0.3 is 6.01 Å². The molecule has 8 nitrogen and oxygen atoms in total. The van der Waals surface area contributed by atoms with E-state index in [4.69, 9.17) is 25.6 Å². The molecule has 0 N–H and O–H groups in total. The minimum Gasteiger partial charge on any atom is -0.493 e. The third-order valence-electron chi connectivity index (χ3n) is 5.22. The predicted octanol–water partition coefficient (Wildman–Crippen LogP) is 3.30.